The highest BCUT2D eigenvalue weighted by molar-refractivity contribution is 5.98. The minimum Gasteiger partial charge on any atom is -0.459 e. The van der Waals surface area contributed by atoms with Crippen LogP contribution in [0.2, 0.25) is 0 Å². The van der Waals surface area contributed by atoms with Crippen LogP contribution in [-0.4, -0.2) is 48.8 Å². The van der Waals surface area contributed by atoms with Crippen LogP contribution in [0.25, 0.3) is 0 Å². The smallest absolute Gasteiger partial charge is 0.352 e. The number of hydrogen-bond acceptors (Lipinski definition) is 6. The quantitative estimate of drug-likeness (QED) is 0.249. The number of nitrogens with zero attached hydrogens (tertiary/aromatic N) is 5. The van der Waals surface area contributed by atoms with Crippen molar-refractivity contribution in [2.45, 2.75) is 20.5 Å². The second-order valence-corrected chi connectivity index (χ2v) is 7.09. The molecule has 0 bridgehead atoms. The third-order valence-corrected chi connectivity index (χ3v) is 4.43. The molecule has 0 aliphatic rings. The number of hydrogen-bond donors (Lipinski definition) is 2. The summed E-state index contributed by atoms with van der Waals surface area (Å²) in [4.78, 5) is 13.8. The fourth-order valence-corrected chi connectivity index (χ4v) is 2.62. The van der Waals surface area contributed by atoms with E-state index in [0.29, 0.717) is 17.0 Å². The first-order valence-electron chi connectivity index (χ1n) is 9.45. The van der Waals surface area contributed by atoms with E-state index in [4.69, 9.17) is 16.4 Å². The van der Waals surface area contributed by atoms with E-state index in [1.54, 1.807) is 50.2 Å². The fourth-order valence-electron chi connectivity index (χ4n) is 2.62. The van der Waals surface area contributed by atoms with E-state index in [1.165, 1.54) is 19.2 Å². The molecule has 2 amide bonds. The molecule has 4 N–H and O–H groups in total. The largest absolute Gasteiger partial charge is 0.459 e. The minimum atomic E-state index is -0.576. The lowest BCUT2D eigenvalue weighted by molar-refractivity contribution is 0.216. The van der Waals surface area contributed by atoms with Crippen LogP contribution < -0.4 is 16.7 Å². The molecule has 0 heterocycles. The second-order valence-electron chi connectivity index (χ2n) is 7.09. The van der Waals surface area contributed by atoms with E-state index in [0.717, 1.165) is 21.1 Å². The van der Waals surface area contributed by atoms with Crippen LogP contribution in [0.1, 0.15) is 23.6 Å². The summed E-state index contributed by atoms with van der Waals surface area (Å²) in [5.41, 5.74) is 3.39. The van der Waals surface area contributed by atoms with Gasteiger partial charge in [-0.3, -0.25) is 5.01 Å². The van der Waals surface area contributed by atoms with Gasteiger partial charge in [-0.05, 0) is 43.2 Å². The van der Waals surface area contributed by atoms with E-state index < -0.39 is 6.03 Å². The maximum atomic E-state index is 13.1. The predicted octanol–water partition coefficient (Wildman–Crippen LogP) is 2.60. The van der Waals surface area contributed by atoms with Crippen molar-refractivity contribution >= 4 is 23.5 Å². The van der Waals surface area contributed by atoms with Crippen LogP contribution >= 0.6 is 0 Å². The van der Waals surface area contributed by atoms with Crippen LogP contribution in [0.4, 0.5) is 14.9 Å². The van der Waals surface area contributed by atoms with Crippen molar-refractivity contribution in [1.82, 2.24) is 9.91 Å². The number of rotatable bonds is 5. The summed E-state index contributed by atoms with van der Waals surface area (Å²) in [5, 5.41) is 10.2. The van der Waals surface area contributed by atoms with Gasteiger partial charge >= 0.3 is 12.1 Å². The standard InChI is InChI=1S/C21H28FN7O2/c1-14-7-6-8-19(29(24)21(30)28(5)23)18(14)13-31-20(27(3)4)26-25-15(2)16-9-11-17(22)12-10-16/h6-12H,13,23-24H2,1-5H3. The van der Waals surface area contributed by atoms with Crippen molar-refractivity contribution in [2.24, 2.45) is 21.9 Å². The fraction of sp³-hybridized carbons (Fsp3) is 0.286. The van der Waals surface area contributed by atoms with Gasteiger partial charge < -0.3 is 9.64 Å². The second kappa shape index (κ2) is 10.5. The Bertz CT molecular complexity index is 972. The van der Waals surface area contributed by atoms with Crippen molar-refractivity contribution in [3.05, 3.63) is 65.0 Å². The van der Waals surface area contributed by atoms with Crippen molar-refractivity contribution in [2.75, 3.05) is 26.2 Å². The Morgan fingerprint density at radius 3 is 2.29 bits per heavy atom. The average molecular weight is 430 g/mol. The van der Waals surface area contributed by atoms with Gasteiger partial charge in [0.15, 0.2) is 0 Å². The summed E-state index contributed by atoms with van der Waals surface area (Å²) in [5.74, 6) is 11.2. The lowest BCUT2D eigenvalue weighted by Gasteiger charge is -2.24. The molecule has 0 atom stereocenters. The van der Waals surface area contributed by atoms with Gasteiger partial charge in [0, 0.05) is 26.7 Å². The summed E-state index contributed by atoms with van der Waals surface area (Å²) in [6.07, 6.45) is 0. The number of amidine groups is 1. The van der Waals surface area contributed by atoms with Gasteiger partial charge in [0.1, 0.15) is 12.4 Å². The molecular weight excluding hydrogens is 401 g/mol. The molecule has 166 valence electrons. The van der Waals surface area contributed by atoms with Gasteiger partial charge in [-0.1, -0.05) is 29.4 Å². The van der Waals surface area contributed by atoms with Crippen molar-refractivity contribution in [3.8, 4) is 0 Å². The monoisotopic (exact) mass is 429 g/mol. The molecule has 0 aliphatic carbocycles. The number of ether oxygens (including phenoxy) is 1. The van der Waals surface area contributed by atoms with Crippen LogP contribution in [0.5, 0.6) is 0 Å². The van der Waals surface area contributed by atoms with Gasteiger partial charge in [-0.15, -0.1) is 0 Å². The summed E-state index contributed by atoms with van der Waals surface area (Å²) >= 11 is 0. The molecule has 2 aromatic carbocycles. The van der Waals surface area contributed by atoms with Crippen LogP contribution in [0, 0.1) is 12.7 Å². The van der Waals surface area contributed by atoms with E-state index in [1.807, 2.05) is 13.0 Å². The Balaban J connectivity index is 2.26. The molecular formula is C21H28FN7O2. The Kier molecular flexibility index (Phi) is 8.06. The van der Waals surface area contributed by atoms with Gasteiger partial charge in [-0.25, -0.2) is 25.9 Å². The number of anilines is 1. The number of benzene rings is 2. The van der Waals surface area contributed by atoms with Gasteiger partial charge in [0.25, 0.3) is 0 Å². The molecule has 0 unspecified atom stereocenters. The Morgan fingerprint density at radius 1 is 1.06 bits per heavy atom. The third kappa shape index (κ3) is 6.24. The topological polar surface area (TPSA) is 113 Å². The third-order valence-electron chi connectivity index (χ3n) is 4.43. The van der Waals surface area contributed by atoms with E-state index >= 15 is 0 Å². The molecule has 31 heavy (non-hydrogen) atoms. The number of amides is 2. The van der Waals surface area contributed by atoms with Gasteiger partial charge in [-0.2, -0.15) is 5.10 Å². The number of carbonyl (C=O) groups is 1. The Labute approximate surface area is 181 Å². The predicted molar refractivity (Wildman–Crippen MR) is 120 cm³/mol. The molecule has 0 saturated carbocycles. The van der Waals surface area contributed by atoms with Crippen LogP contribution in [0.15, 0.2) is 52.7 Å². The Morgan fingerprint density at radius 2 is 1.71 bits per heavy atom. The van der Waals surface area contributed by atoms with Crippen molar-refractivity contribution in [1.29, 1.82) is 0 Å². The highest BCUT2D eigenvalue weighted by Crippen LogP contribution is 2.23. The number of carbonyl (C=O) groups excluding carboxylic acids is 1. The summed E-state index contributed by atoms with van der Waals surface area (Å²) in [6.45, 7) is 3.75. The summed E-state index contributed by atoms with van der Waals surface area (Å²) in [7, 11) is 4.94. The van der Waals surface area contributed by atoms with Crippen molar-refractivity contribution in [3.63, 3.8) is 0 Å². The molecule has 0 aromatic heterocycles. The van der Waals surface area contributed by atoms with Crippen molar-refractivity contribution < 1.29 is 13.9 Å². The highest BCUT2D eigenvalue weighted by Gasteiger charge is 2.19. The molecule has 2 aromatic rings. The number of hydrazine groups is 2. The molecule has 0 fully saturated rings. The van der Waals surface area contributed by atoms with Gasteiger partial charge in [0.05, 0.1) is 11.4 Å². The molecule has 0 spiro atoms. The number of nitrogens with two attached hydrogens (primary N) is 2. The number of urea groups is 1. The number of halogens is 1. The molecule has 0 radical (unpaired) electrons. The zero-order valence-corrected chi connectivity index (χ0v) is 18.3. The Hall–Kier alpha value is -3.50. The van der Waals surface area contributed by atoms with Gasteiger partial charge in [0.2, 0.25) is 0 Å². The first-order chi connectivity index (χ1) is 14.6. The van der Waals surface area contributed by atoms with E-state index in [2.05, 4.69) is 10.2 Å². The normalized spacial score (nSPS) is 11.9. The lowest BCUT2D eigenvalue weighted by Crippen LogP contribution is -2.49. The SMILES string of the molecule is CC(=NN=C(OCc1c(C)cccc1N(N)C(=O)N(C)N)N(C)C)c1ccc(F)cc1. The van der Waals surface area contributed by atoms with E-state index in [-0.39, 0.29) is 18.4 Å². The summed E-state index contributed by atoms with van der Waals surface area (Å²) < 4.78 is 19.0. The van der Waals surface area contributed by atoms with Crippen LogP contribution in [-0.2, 0) is 11.3 Å². The highest BCUT2D eigenvalue weighted by atomic mass is 19.1. The maximum absolute atomic E-state index is 13.1. The first kappa shape index (κ1) is 23.8. The lowest BCUT2D eigenvalue weighted by atomic mass is 10.1. The maximum Gasteiger partial charge on any atom is 0.352 e. The zero-order valence-electron chi connectivity index (χ0n) is 18.3. The minimum absolute atomic E-state index is 0.0966. The first-order valence-corrected chi connectivity index (χ1v) is 9.45. The molecule has 2 rings (SSSR count). The molecule has 10 heteroatoms. The average Bonchev–Trinajstić information content (AvgIpc) is 2.73. The zero-order chi connectivity index (χ0) is 23.1. The molecule has 0 aliphatic heterocycles. The summed E-state index contributed by atoms with van der Waals surface area (Å²) in [6, 6.07) is 11.0. The number of aryl methyl sites for hydroxylation is 1. The molecule has 0 saturated heterocycles. The van der Waals surface area contributed by atoms with E-state index in [9.17, 15) is 9.18 Å². The molecule has 9 nitrogen and oxygen atoms in total. The van der Waals surface area contributed by atoms with Crippen LogP contribution in [0.3, 0.4) is 0 Å².